The highest BCUT2D eigenvalue weighted by atomic mass is 16.4. The highest BCUT2D eigenvalue weighted by Crippen LogP contribution is 2.50. The number of carboxylic acids is 1. The van der Waals surface area contributed by atoms with E-state index in [-0.39, 0.29) is 6.42 Å². The number of benzene rings is 1. The van der Waals surface area contributed by atoms with Gasteiger partial charge in [-0.05, 0) is 43.4 Å². The number of carbonyl (C=O) groups excluding carboxylic acids is 1. The molecule has 2 aromatic rings. The predicted octanol–water partition coefficient (Wildman–Crippen LogP) is 3.18. The van der Waals surface area contributed by atoms with Crippen molar-refractivity contribution < 1.29 is 19.8 Å². The van der Waals surface area contributed by atoms with E-state index in [0.717, 1.165) is 17.7 Å². The number of aliphatic carboxylic acids is 1. The van der Waals surface area contributed by atoms with Gasteiger partial charge in [0.25, 0.3) is 5.91 Å². The van der Waals surface area contributed by atoms with E-state index in [9.17, 15) is 19.8 Å². The molecule has 0 bridgehead atoms. The van der Waals surface area contributed by atoms with Crippen LogP contribution in [0.1, 0.15) is 68.3 Å². The Kier molecular flexibility index (Phi) is 5.83. The number of aliphatic hydroxyl groups is 1. The van der Waals surface area contributed by atoms with Crippen LogP contribution in [0.25, 0.3) is 11.3 Å². The molecule has 1 aromatic heterocycles. The van der Waals surface area contributed by atoms with E-state index >= 15 is 0 Å². The number of nitrogens with one attached hydrogen (secondary N) is 1. The molecule has 1 amide bonds. The molecule has 2 unspecified atom stereocenters. The van der Waals surface area contributed by atoms with Gasteiger partial charge in [0, 0.05) is 29.5 Å². The van der Waals surface area contributed by atoms with Gasteiger partial charge in [-0.25, -0.2) is 4.79 Å². The molecule has 1 heterocycles. The lowest BCUT2D eigenvalue weighted by atomic mass is 9.54. The van der Waals surface area contributed by atoms with Crippen LogP contribution in [0.4, 0.5) is 0 Å². The maximum Gasteiger partial charge on any atom is 0.330 e. The number of rotatable bonds is 6. The lowest BCUT2D eigenvalue weighted by Crippen LogP contribution is -2.75. The van der Waals surface area contributed by atoms with Gasteiger partial charge in [-0.3, -0.25) is 9.48 Å². The third kappa shape index (κ3) is 3.81. The summed E-state index contributed by atoms with van der Waals surface area (Å²) in [6, 6.07) is 5.24. The first-order valence-corrected chi connectivity index (χ1v) is 11.4. The molecule has 3 N–H and O–H groups in total. The second-order valence-corrected chi connectivity index (χ2v) is 9.97. The predicted molar refractivity (Wildman–Crippen MR) is 119 cm³/mol. The van der Waals surface area contributed by atoms with Crippen LogP contribution >= 0.6 is 0 Å². The first-order valence-electron chi connectivity index (χ1n) is 11.4. The molecule has 2 saturated carbocycles. The minimum atomic E-state index is -1.50. The summed E-state index contributed by atoms with van der Waals surface area (Å²) in [5, 5.41) is 31.2. The van der Waals surface area contributed by atoms with Crippen molar-refractivity contribution in [2.24, 2.45) is 11.3 Å². The first kappa shape index (κ1) is 22.5. The van der Waals surface area contributed by atoms with Crippen LogP contribution in [0.2, 0.25) is 0 Å². The van der Waals surface area contributed by atoms with Crippen molar-refractivity contribution in [3.63, 3.8) is 0 Å². The van der Waals surface area contributed by atoms with E-state index < -0.39 is 28.9 Å². The van der Waals surface area contributed by atoms with E-state index in [4.69, 9.17) is 0 Å². The highest BCUT2D eigenvalue weighted by molar-refractivity contribution is 5.99. The van der Waals surface area contributed by atoms with Gasteiger partial charge in [0.15, 0.2) is 0 Å². The molecule has 0 aliphatic heterocycles. The standard InChI is InChI=1S/C24H32N4O4/c1-15-9-10-17(21(30)25-24(22(31)32)12-20(29)23(24,2)3)11-18(15)19-14-28(27-26-19)13-16-7-5-4-6-8-16/h9-11,14,16,20,29H,4-8,12-13H2,1-3H3,(H,25,30)(H,31,32). The van der Waals surface area contributed by atoms with E-state index in [0.29, 0.717) is 17.2 Å². The van der Waals surface area contributed by atoms with Crippen molar-refractivity contribution in [1.82, 2.24) is 20.3 Å². The van der Waals surface area contributed by atoms with Crippen molar-refractivity contribution in [1.29, 1.82) is 0 Å². The molecule has 0 radical (unpaired) electrons. The van der Waals surface area contributed by atoms with E-state index in [1.54, 1.807) is 26.0 Å². The molecule has 2 atom stereocenters. The quantitative estimate of drug-likeness (QED) is 0.635. The Morgan fingerprint density at radius 2 is 1.94 bits per heavy atom. The van der Waals surface area contributed by atoms with Gasteiger partial charge in [0.05, 0.1) is 12.3 Å². The third-order valence-corrected chi connectivity index (χ3v) is 7.61. The summed E-state index contributed by atoms with van der Waals surface area (Å²) in [4.78, 5) is 25.0. The van der Waals surface area contributed by atoms with Crippen LogP contribution in [0.5, 0.6) is 0 Å². The molecule has 0 spiro atoms. The molecule has 2 aliphatic carbocycles. The number of aliphatic hydroxyl groups excluding tert-OH is 1. The summed E-state index contributed by atoms with van der Waals surface area (Å²) in [6.45, 7) is 6.10. The smallest absolute Gasteiger partial charge is 0.330 e. The number of hydrogen-bond acceptors (Lipinski definition) is 5. The fourth-order valence-electron chi connectivity index (χ4n) is 5.04. The fourth-order valence-corrected chi connectivity index (χ4v) is 5.04. The van der Waals surface area contributed by atoms with Gasteiger partial charge in [-0.1, -0.05) is 44.4 Å². The number of nitrogens with zero attached hydrogens (tertiary/aromatic N) is 3. The van der Waals surface area contributed by atoms with Crippen molar-refractivity contribution in [3.05, 3.63) is 35.5 Å². The molecule has 2 fully saturated rings. The molecule has 4 rings (SSSR count). The summed E-state index contributed by atoms with van der Waals surface area (Å²) < 4.78 is 1.88. The number of hydrogen-bond donors (Lipinski definition) is 3. The zero-order chi connectivity index (χ0) is 23.1. The normalized spacial score (nSPS) is 25.2. The largest absolute Gasteiger partial charge is 0.479 e. The van der Waals surface area contributed by atoms with E-state index in [1.807, 2.05) is 23.9 Å². The van der Waals surface area contributed by atoms with Crippen molar-refractivity contribution >= 4 is 11.9 Å². The summed E-state index contributed by atoms with van der Waals surface area (Å²) >= 11 is 0. The van der Waals surface area contributed by atoms with Crippen LogP contribution in [0, 0.1) is 18.3 Å². The lowest BCUT2D eigenvalue weighted by Gasteiger charge is -2.56. The van der Waals surface area contributed by atoms with Gasteiger partial charge in [0.1, 0.15) is 11.2 Å². The minimum absolute atomic E-state index is 0.0186. The first-order chi connectivity index (χ1) is 15.1. The Balaban J connectivity index is 1.54. The average molecular weight is 441 g/mol. The van der Waals surface area contributed by atoms with E-state index in [1.165, 1.54) is 32.1 Å². The second-order valence-electron chi connectivity index (χ2n) is 9.97. The molecular weight excluding hydrogens is 408 g/mol. The maximum atomic E-state index is 13.0. The van der Waals surface area contributed by atoms with Crippen LogP contribution in [-0.2, 0) is 11.3 Å². The number of carboxylic acid groups (broad SMARTS) is 1. The summed E-state index contributed by atoms with van der Waals surface area (Å²) in [7, 11) is 0. The molecule has 1 aromatic carbocycles. The Morgan fingerprint density at radius 3 is 2.56 bits per heavy atom. The lowest BCUT2D eigenvalue weighted by molar-refractivity contribution is -0.180. The summed E-state index contributed by atoms with van der Waals surface area (Å²) in [5.41, 5.74) is 0.329. The van der Waals surface area contributed by atoms with E-state index in [2.05, 4.69) is 15.6 Å². The van der Waals surface area contributed by atoms with Crippen molar-refractivity contribution in [3.8, 4) is 11.3 Å². The van der Waals surface area contributed by atoms with Gasteiger partial charge in [-0.2, -0.15) is 0 Å². The summed E-state index contributed by atoms with van der Waals surface area (Å²) in [6.07, 6.45) is 7.42. The average Bonchev–Trinajstić information content (AvgIpc) is 3.22. The Morgan fingerprint density at radius 1 is 1.22 bits per heavy atom. The highest BCUT2D eigenvalue weighted by Gasteiger charge is 2.65. The number of aromatic nitrogens is 3. The molecule has 8 nitrogen and oxygen atoms in total. The van der Waals surface area contributed by atoms with Gasteiger partial charge < -0.3 is 15.5 Å². The topological polar surface area (TPSA) is 117 Å². The molecule has 172 valence electrons. The van der Waals surface area contributed by atoms with Crippen molar-refractivity contribution in [2.75, 3.05) is 0 Å². The molecule has 8 heteroatoms. The Labute approximate surface area is 188 Å². The van der Waals surface area contributed by atoms with Gasteiger partial charge in [-0.15, -0.1) is 5.10 Å². The number of amides is 1. The third-order valence-electron chi connectivity index (χ3n) is 7.61. The Bertz CT molecular complexity index is 1020. The minimum Gasteiger partial charge on any atom is -0.479 e. The van der Waals surface area contributed by atoms with Crippen LogP contribution < -0.4 is 5.32 Å². The summed E-state index contributed by atoms with van der Waals surface area (Å²) in [5.74, 6) is -0.993. The molecule has 0 saturated heterocycles. The van der Waals surface area contributed by atoms with Crippen molar-refractivity contribution in [2.45, 2.75) is 77.5 Å². The number of carbonyl (C=O) groups is 2. The second kappa shape index (κ2) is 8.31. The molecule has 32 heavy (non-hydrogen) atoms. The zero-order valence-corrected chi connectivity index (χ0v) is 19.0. The number of aryl methyl sites for hydroxylation is 1. The monoisotopic (exact) mass is 440 g/mol. The Hall–Kier alpha value is -2.74. The fraction of sp³-hybridized carbons (Fsp3) is 0.583. The molecule has 2 aliphatic rings. The molecular formula is C24H32N4O4. The van der Waals surface area contributed by atoms with Crippen LogP contribution in [0.15, 0.2) is 24.4 Å². The van der Waals surface area contributed by atoms with Gasteiger partial charge in [0.2, 0.25) is 0 Å². The SMILES string of the molecule is Cc1ccc(C(=O)NC2(C(=O)O)CC(O)C2(C)C)cc1-c1cn(CC2CCCCC2)nn1. The zero-order valence-electron chi connectivity index (χ0n) is 19.0. The van der Waals surface area contributed by atoms with Crippen LogP contribution in [0.3, 0.4) is 0 Å². The van der Waals surface area contributed by atoms with Crippen LogP contribution in [-0.4, -0.2) is 48.7 Å². The van der Waals surface area contributed by atoms with Gasteiger partial charge >= 0.3 is 5.97 Å². The maximum absolute atomic E-state index is 13.0.